The number of guanidine groups is 1. The molecule has 2 atom stereocenters. The summed E-state index contributed by atoms with van der Waals surface area (Å²) in [4.78, 5) is 21.4. The number of nitrogens with one attached hydrogen (secondary N) is 1. The third-order valence-corrected chi connectivity index (χ3v) is 4.91. The van der Waals surface area contributed by atoms with E-state index in [0.717, 1.165) is 38.6 Å². The van der Waals surface area contributed by atoms with E-state index in [1.54, 1.807) is 0 Å². The molecule has 0 amide bonds. The summed E-state index contributed by atoms with van der Waals surface area (Å²) in [6.07, 6.45) is 1.04. The Morgan fingerprint density at radius 1 is 1.27 bits per heavy atom. The molecule has 2 unspecified atom stereocenters. The van der Waals surface area contributed by atoms with Crippen LogP contribution in [0.2, 0.25) is 0 Å². The number of halogens is 1. The summed E-state index contributed by atoms with van der Waals surface area (Å²) >= 11 is 0. The molecule has 1 heterocycles. The summed E-state index contributed by atoms with van der Waals surface area (Å²) in [7, 11) is 1.46. The molecule has 7 heteroatoms. The molecule has 0 aromatic heterocycles. The largest absolute Gasteiger partial charge is 0.469 e. The van der Waals surface area contributed by atoms with Gasteiger partial charge < -0.3 is 15.0 Å². The van der Waals surface area contributed by atoms with Gasteiger partial charge in [-0.15, -0.1) is 24.0 Å². The lowest BCUT2D eigenvalue weighted by Gasteiger charge is -2.30. The van der Waals surface area contributed by atoms with Gasteiger partial charge >= 0.3 is 5.97 Å². The number of hydrogen-bond donors (Lipinski definition) is 1. The van der Waals surface area contributed by atoms with Gasteiger partial charge in [-0.2, -0.15) is 0 Å². The van der Waals surface area contributed by atoms with E-state index in [1.165, 1.54) is 7.11 Å². The van der Waals surface area contributed by atoms with Crippen molar-refractivity contribution in [3.05, 3.63) is 0 Å². The predicted molar refractivity (Wildman–Crippen MR) is 119 cm³/mol. The van der Waals surface area contributed by atoms with Crippen LogP contribution in [0.4, 0.5) is 0 Å². The Balaban J connectivity index is 0.00000625. The number of nitrogens with zero attached hydrogens (tertiary/aromatic N) is 3. The quantitative estimate of drug-likeness (QED) is 0.190. The Bertz CT molecular complexity index is 435. The molecule has 0 saturated carbocycles. The van der Waals surface area contributed by atoms with E-state index in [9.17, 15) is 4.79 Å². The number of likely N-dealkylation sites (tertiary alicyclic amines) is 1. The van der Waals surface area contributed by atoms with Gasteiger partial charge in [-0.3, -0.25) is 14.7 Å². The second-order valence-electron chi connectivity index (χ2n) is 7.53. The van der Waals surface area contributed by atoms with E-state index in [4.69, 9.17) is 9.73 Å². The van der Waals surface area contributed by atoms with Crippen LogP contribution in [-0.4, -0.2) is 73.6 Å². The van der Waals surface area contributed by atoms with Gasteiger partial charge in [0.2, 0.25) is 0 Å². The Labute approximate surface area is 177 Å². The van der Waals surface area contributed by atoms with Crippen molar-refractivity contribution in [2.45, 2.75) is 60.0 Å². The maximum atomic E-state index is 11.9. The van der Waals surface area contributed by atoms with E-state index < -0.39 is 0 Å². The molecule has 1 aliphatic heterocycles. The Hall–Kier alpha value is -0.570. The summed E-state index contributed by atoms with van der Waals surface area (Å²) < 4.78 is 4.93. The fraction of sp³-hybridized carbons (Fsp3) is 0.895. The maximum Gasteiger partial charge on any atom is 0.310 e. The molecule has 0 aliphatic carbocycles. The third-order valence-electron chi connectivity index (χ3n) is 4.91. The smallest absolute Gasteiger partial charge is 0.310 e. The van der Waals surface area contributed by atoms with Gasteiger partial charge in [-0.1, -0.05) is 6.92 Å². The molecule has 1 N–H and O–H groups in total. The number of esters is 1. The van der Waals surface area contributed by atoms with Crippen LogP contribution in [0.15, 0.2) is 4.99 Å². The van der Waals surface area contributed by atoms with Crippen molar-refractivity contribution >= 4 is 35.9 Å². The van der Waals surface area contributed by atoms with Crippen LogP contribution < -0.4 is 5.32 Å². The van der Waals surface area contributed by atoms with Crippen LogP contribution in [0.25, 0.3) is 0 Å². The Morgan fingerprint density at radius 2 is 1.88 bits per heavy atom. The zero-order valence-electron chi connectivity index (χ0n) is 17.6. The molecule has 0 radical (unpaired) electrons. The van der Waals surface area contributed by atoms with E-state index in [0.29, 0.717) is 18.6 Å². The van der Waals surface area contributed by atoms with Crippen molar-refractivity contribution in [1.29, 1.82) is 0 Å². The monoisotopic (exact) mass is 482 g/mol. The summed E-state index contributed by atoms with van der Waals surface area (Å²) in [6, 6.07) is 1.11. The zero-order valence-corrected chi connectivity index (χ0v) is 19.9. The predicted octanol–water partition coefficient (Wildman–Crippen LogP) is 2.82. The van der Waals surface area contributed by atoms with E-state index in [2.05, 4.69) is 56.7 Å². The standard InChI is InChI=1S/C19H38N4O2.HI/c1-8-20-19(21-10-9-11-23(14(2)3)15(4)5)22-12-16(6)17(13-22)18(24)25-7;/h14-17H,8-13H2,1-7H3,(H,20,21);1H. The molecule has 0 bridgehead atoms. The van der Waals surface area contributed by atoms with Crippen molar-refractivity contribution in [1.82, 2.24) is 15.1 Å². The average molecular weight is 482 g/mol. The van der Waals surface area contributed by atoms with Gasteiger partial charge in [0.1, 0.15) is 0 Å². The first-order valence-electron chi connectivity index (χ1n) is 9.68. The highest BCUT2D eigenvalue weighted by Gasteiger charge is 2.36. The first-order chi connectivity index (χ1) is 11.8. The van der Waals surface area contributed by atoms with Gasteiger partial charge in [0.05, 0.1) is 13.0 Å². The number of aliphatic imine (C=N–C) groups is 1. The molecule has 1 fully saturated rings. The Morgan fingerprint density at radius 3 is 2.38 bits per heavy atom. The molecular weight excluding hydrogens is 443 g/mol. The summed E-state index contributed by atoms with van der Waals surface area (Å²) in [5.74, 6) is 1.02. The van der Waals surface area contributed by atoms with Gasteiger partial charge in [0.25, 0.3) is 0 Å². The fourth-order valence-corrected chi connectivity index (χ4v) is 3.57. The molecule has 154 valence electrons. The summed E-state index contributed by atoms with van der Waals surface area (Å²) in [6.45, 7) is 17.4. The lowest BCUT2D eigenvalue weighted by atomic mass is 9.99. The lowest BCUT2D eigenvalue weighted by molar-refractivity contribution is -0.145. The Kier molecular flexibility index (Phi) is 12.5. The summed E-state index contributed by atoms with van der Waals surface area (Å²) in [5.41, 5.74) is 0. The number of hydrogen-bond acceptors (Lipinski definition) is 4. The first-order valence-corrected chi connectivity index (χ1v) is 9.68. The van der Waals surface area contributed by atoms with Crippen LogP contribution in [-0.2, 0) is 9.53 Å². The van der Waals surface area contributed by atoms with Gasteiger partial charge in [0, 0.05) is 44.8 Å². The number of rotatable bonds is 8. The van der Waals surface area contributed by atoms with Gasteiger partial charge in [-0.25, -0.2) is 0 Å². The van der Waals surface area contributed by atoms with E-state index in [-0.39, 0.29) is 41.8 Å². The van der Waals surface area contributed by atoms with Gasteiger partial charge in [0.15, 0.2) is 5.96 Å². The maximum absolute atomic E-state index is 11.9. The number of ether oxygens (including phenoxy) is 1. The molecule has 1 rings (SSSR count). The van der Waals surface area contributed by atoms with E-state index >= 15 is 0 Å². The fourth-order valence-electron chi connectivity index (χ4n) is 3.57. The van der Waals surface area contributed by atoms with Crippen LogP contribution in [0.1, 0.15) is 48.0 Å². The molecule has 1 saturated heterocycles. The highest BCUT2D eigenvalue weighted by Crippen LogP contribution is 2.24. The number of carbonyl (C=O) groups is 1. The normalized spacial score (nSPS) is 20.7. The number of carbonyl (C=O) groups excluding carboxylic acids is 1. The van der Waals surface area contributed by atoms with Crippen molar-refractivity contribution in [2.24, 2.45) is 16.8 Å². The molecular formula is C19H39IN4O2. The highest BCUT2D eigenvalue weighted by molar-refractivity contribution is 14.0. The van der Waals surface area contributed by atoms with E-state index in [1.807, 2.05) is 0 Å². The average Bonchev–Trinajstić information content (AvgIpc) is 2.93. The third kappa shape index (κ3) is 7.58. The molecule has 26 heavy (non-hydrogen) atoms. The minimum Gasteiger partial charge on any atom is -0.469 e. The number of methoxy groups -OCH3 is 1. The van der Waals surface area contributed by atoms with Crippen LogP contribution in [0, 0.1) is 11.8 Å². The SMILES string of the molecule is CCNC(=NCCCN(C(C)C)C(C)C)N1CC(C)C(C(=O)OC)C1.I. The highest BCUT2D eigenvalue weighted by atomic mass is 127. The lowest BCUT2D eigenvalue weighted by Crippen LogP contribution is -2.41. The molecule has 0 aromatic rings. The van der Waals surface area contributed by atoms with Crippen molar-refractivity contribution in [2.75, 3.05) is 39.8 Å². The zero-order chi connectivity index (χ0) is 19.0. The van der Waals surface area contributed by atoms with Crippen molar-refractivity contribution in [3.8, 4) is 0 Å². The first kappa shape index (κ1) is 25.4. The molecule has 6 nitrogen and oxygen atoms in total. The topological polar surface area (TPSA) is 57.2 Å². The minimum atomic E-state index is -0.115. The second-order valence-corrected chi connectivity index (χ2v) is 7.53. The second kappa shape index (κ2) is 12.8. The summed E-state index contributed by atoms with van der Waals surface area (Å²) in [5, 5.41) is 3.37. The van der Waals surface area contributed by atoms with Gasteiger partial charge in [-0.05, 0) is 47.0 Å². The van der Waals surface area contributed by atoms with Crippen molar-refractivity contribution in [3.63, 3.8) is 0 Å². The van der Waals surface area contributed by atoms with Crippen LogP contribution in [0.5, 0.6) is 0 Å². The molecule has 0 aromatic carbocycles. The van der Waals surface area contributed by atoms with Crippen molar-refractivity contribution < 1.29 is 9.53 Å². The molecule has 1 aliphatic rings. The molecule has 0 spiro atoms. The van der Waals surface area contributed by atoms with Crippen LogP contribution in [0.3, 0.4) is 0 Å². The van der Waals surface area contributed by atoms with Crippen LogP contribution >= 0.6 is 24.0 Å². The minimum absolute atomic E-state index is 0.